The van der Waals surface area contributed by atoms with Crippen LogP contribution < -0.4 is 0 Å². The SMILES string of the molecule is C=[C-]N(/C=C(/C)[C](O)=[W])C(C)(C)C. The molecule has 0 amide bonds. The summed E-state index contributed by atoms with van der Waals surface area (Å²) in [6.45, 7) is 11.7. The Balaban J connectivity index is 4.74. The molecule has 74 valence electrons. The van der Waals surface area contributed by atoms with Crippen LogP contribution in [0.5, 0.6) is 0 Å². The van der Waals surface area contributed by atoms with Crippen molar-refractivity contribution in [1.82, 2.24) is 4.90 Å². The molecule has 0 atom stereocenters. The van der Waals surface area contributed by atoms with Crippen molar-refractivity contribution < 1.29 is 24.5 Å². The van der Waals surface area contributed by atoms with Crippen molar-refractivity contribution in [3.05, 3.63) is 24.6 Å². The molecule has 0 aliphatic carbocycles. The third-order valence-electron chi connectivity index (χ3n) is 1.55. The number of nitrogens with zero attached hydrogens (tertiary/aromatic N) is 1. The van der Waals surface area contributed by atoms with E-state index in [0.29, 0.717) is 4.08 Å². The van der Waals surface area contributed by atoms with Gasteiger partial charge in [-0.2, -0.15) is 0 Å². The molecule has 0 aliphatic rings. The van der Waals surface area contributed by atoms with Gasteiger partial charge in [0.1, 0.15) is 0 Å². The minimum atomic E-state index is -0.0478. The Morgan fingerprint density at radius 3 is 2.23 bits per heavy atom. The first kappa shape index (κ1) is 12.8. The molecule has 0 fully saturated rings. The molecule has 3 heteroatoms. The molecule has 0 aromatic rings. The third-order valence-corrected chi connectivity index (χ3v) is 2.71. The van der Waals surface area contributed by atoms with E-state index in [1.54, 1.807) is 0 Å². The van der Waals surface area contributed by atoms with Gasteiger partial charge in [0.25, 0.3) is 0 Å². The Labute approximate surface area is 91.4 Å². The van der Waals surface area contributed by atoms with Crippen molar-refractivity contribution in [2.75, 3.05) is 0 Å². The molecular weight excluding hydrogens is 334 g/mol. The molecule has 0 aromatic heterocycles. The zero-order valence-corrected chi connectivity index (χ0v) is 11.5. The van der Waals surface area contributed by atoms with Crippen molar-refractivity contribution in [3.8, 4) is 0 Å². The third kappa shape index (κ3) is 4.54. The molecule has 0 saturated heterocycles. The molecule has 1 N–H and O–H groups in total. The first-order valence-corrected chi connectivity index (χ1v) is 5.49. The molecule has 0 unspecified atom stereocenters. The van der Waals surface area contributed by atoms with Crippen LogP contribution in [0.1, 0.15) is 27.7 Å². The van der Waals surface area contributed by atoms with Crippen LogP contribution in [-0.4, -0.2) is 19.6 Å². The van der Waals surface area contributed by atoms with E-state index in [1.165, 1.54) is 0 Å². The standard InChI is InChI=1S/C10H16NO.W/c1-6-11(10(3,4)5)7-9(2)8-12;/h7,12H,1H2,2-5H3;/q-1;/b9-7-;. The Kier molecular flexibility index (Phi) is 4.80. The summed E-state index contributed by atoms with van der Waals surface area (Å²) < 4.78 is 0.407. The molecule has 0 bridgehead atoms. The molecule has 0 heterocycles. The second kappa shape index (κ2) is 4.88. The first-order valence-electron chi connectivity index (χ1n) is 4.03. The molecule has 2 nitrogen and oxygen atoms in total. The van der Waals surface area contributed by atoms with E-state index in [1.807, 2.05) is 18.0 Å². The Morgan fingerprint density at radius 2 is 2.00 bits per heavy atom. The normalized spacial score (nSPS) is 12.5. The summed E-state index contributed by atoms with van der Waals surface area (Å²) in [7, 11) is 0. The molecule has 0 saturated carbocycles. The van der Waals surface area contributed by atoms with Gasteiger partial charge in [-0.1, -0.05) is 0 Å². The Hall–Kier alpha value is -0.202. The van der Waals surface area contributed by atoms with Crippen LogP contribution in [0.15, 0.2) is 18.4 Å². The van der Waals surface area contributed by atoms with Crippen molar-refractivity contribution in [1.29, 1.82) is 0 Å². The number of hydrogen-bond donors (Lipinski definition) is 1. The van der Waals surface area contributed by atoms with Crippen molar-refractivity contribution in [2.45, 2.75) is 33.2 Å². The van der Waals surface area contributed by atoms with Crippen LogP contribution in [0.4, 0.5) is 0 Å². The predicted molar refractivity (Wildman–Crippen MR) is 51.2 cm³/mol. The topological polar surface area (TPSA) is 23.5 Å². The summed E-state index contributed by atoms with van der Waals surface area (Å²) in [6, 6.07) is 0. The summed E-state index contributed by atoms with van der Waals surface area (Å²) in [5.74, 6) is 0. The van der Waals surface area contributed by atoms with Crippen LogP contribution in [0.3, 0.4) is 0 Å². The monoisotopic (exact) mass is 350 g/mol. The maximum atomic E-state index is 9.24. The van der Waals surface area contributed by atoms with Gasteiger partial charge in [-0.25, -0.2) is 0 Å². The van der Waals surface area contributed by atoms with Crippen LogP contribution in [-0.2, 0) is 19.4 Å². The number of aliphatic hydroxyl groups is 1. The van der Waals surface area contributed by atoms with Gasteiger partial charge in [-0.05, 0) is 0 Å². The van der Waals surface area contributed by atoms with E-state index in [9.17, 15) is 5.11 Å². The minimum absolute atomic E-state index is 0.0478. The molecule has 0 aliphatic heterocycles. The Morgan fingerprint density at radius 1 is 1.54 bits per heavy atom. The fourth-order valence-electron chi connectivity index (χ4n) is 0.725. The molecule has 0 radical (unpaired) electrons. The van der Waals surface area contributed by atoms with Gasteiger partial charge < -0.3 is 0 Å². The van der Waals surface area contributed by atoms with Crippen LogP contribution in [0, 0.1) is 6.20 Å². The summed E-state index contributed by atoms with van der Waals surface area (Å²) in [5.41, 5.74) is 0.814. The summed E-state index contributed by atoms with van der Waals surface area (Å²) in [6.07, 6.45) is 4.68. The zero-order chi connectivity index (χ0) is 10.6. The first-order chi connectivity index (χ1) is 5.79. The average Bonchev–Trinajstić information content (AvgIpc) is 1.96. The van der Waals surface area contributed by atoms with Gasteiger partial charge in [-0.15, -0.1) is 0 Å². The van der Waals surface area contributed by atoms with E-state index in [2.05, 4.69) is 33.6 Å². The zero-order valence-electron chi connectivity index (χ0n) is 8.59. The van der Waals surface area contributed by atoms with E-state index in [-0.39, 0.29) is 5.54 Å². The van der Waals surface area contributed by atoms with Gasteiger partial charge in [0.05, 0.1) is 0 Å². The number of rotatable bonds is 3. The van der Waals surface area contributed by atoms with Gasteiger partial charge in [-0.3, -0.25) is 0 Å². The van der Waals surface area contributed by atoms with Crippen LogP contribution in [0.25, 0.3) is 0 Å². The molecule has 0 spiro atoms. The quantitative estimate of drug-likeness (QED) is 0.622. The van der Waals surface area contributed by atoms with Gasteiger partial charge in [0.2, 0.25) is 0 Å². The fraction of sp³-hybridized carbons (Fsp3) is 0.500. The molecule has 13 heavy (non-hydrogen) atoms. The van der Waals surface area contributed by atoms with Crippen LogP contribution in [0.2, 0.25) is 0 Å². The predicted octanol–water partition coefficient (Wildman–Crippen LogP) is 1.99. The summed E-state index contributed by atoms with van der Waals surface area (Å²) in [4.78, 5) is 1.86. The van der Waals surface area contributed by atoms with E-state index in [4.69, 9.17) is 0 Å². The summed E-state index contributed by atoms with van der Waals surface area (Å²) in [5, 5.41) is 9.24. The van der Waals surface area contributed by atoms with Crippen molar-refractivity contribution in [3.63, 3.8) is 0 Å². The fourth-order valence-corrected chi connectivity index (χ4v) is 0.915. The molecule has 0 rings (SSSR count). The van der Waals surface area contributed by atoms with E-state index < -0.39 is 0 Å². The van der Waals surface area contributed by atoms with Crippen molar-refractivity contribution in [2.24, 2.45) is 0 Å². The van der Waals surface area contributed by atoms with Gasteiger partial charge in [0.15, 0.2) is 0 Å². The van der Waals surface area contributed by atoms with Crippen molar-refractivity contribution >= 4 is 4.08 Å². The average molecular weight is 350 g/mol. The van der Waals surface area contributed by atoms with E-state index in [0.717, 1.165) is 24.9 Å². The van der Waals surface area contributed by atoms with E-state index >= 15 is 0 Å². The second-order valence-electron chi connectivity index (χ2n) is 3.82. The second-order valence-corrected chi connectivity index (χ2v) is 5.21. The molecule has 0 aromatic carbocycles. The van der Waals surface area contributed by atoms with Gasteiger partial charge in [0, 0.05) is 0 Å². The Bertz CT molecular complexity index is 238. The van der Waals surface area contributed by atoms with Gasteiger partial charge >= 0.3 is 91.2 Å². The van der Waals surface area contributed by atoms with Crippen LogP contribution >= 0.6 is 0 Å². The maximum absolute atomic E-state index is 9.24. The molecular formula is C10H16NOW-. The summed E-state index contributed by atoms with van der Waals surface area (Å²) >= 11 is 1.07. The number of hydrogen-bond acceptors (Lipinski definition) is 2. The number of aliphatic hydroxyl groups excluding tert-OH is 1.